The fourth-order valence-electron chi connectivity index (χ4n) is 1.86. The minimum absolute atomic E-state index is 0.00305. The Bertz CT molecular complexity index is 404. The molecule has 1 aromatic carbocycles. The van der Waals surface area contributed by atoms with Crippen LogP contribution in [0.2, 0.25) is 0 Å². The van der Waals surface area contributed by atoms with Gasteiger partial charge in [0.15, 0.2) is 0 Å². The molecule has 0 aromatic heterocycles. The Morgan fingerprint density at radius 3 is 2.84 bits per heavy atom. The van der Waals surface area contributed by atoms with Gasteiger partial charge in [-0.25, -0.2) is 0 Å². The van der Waals surface area contributed by atoms with Crippen molar-refractivity contribution in [1.82, 2.24) is 5.32 Å². The maximum Gasteiger partial charge on any atom is 0.220 e. The molecule has 0 aliphatic heterocycles. The number of aliphatic hydroxyl groups excluding tert-OH is 1. The number of aryl methyl sites for hydroxylation is 1. The maximum atomic E-state index is 11.4. The summed E-state index contributed by atoms with van der Waals surface area (Å²) in [4.78, 5) is 11.4. The van der Waals surface area contributed by atoms with E-state index in [4.69, 9.17) is 9.84 Å². The molecule has 0 unspecified atom stereocenters. The molecule has 0 saturated heterocycles. The summed E-state index contributed by atoms with van der Waals surface area (Å²) in [5.74, 6) is 0.912. The third kappa shape index (κ3) is 5.75. The molecule has 2 N–H and O–H groups in total. The Morgan fingerprint density at radius 1 is 1.42 bits per heavy atom. The first kappa shape index (κ1) is 15.5. The van der Waals surface area contributed by atoms with Gasteiger partial charge >= 0.3 is 0 Å². The van der Waals surface area contributed by atoms with Crippen LogP contribution in [0.15, 0.2) is 18.2 Å². The van der Waals surface area contributed by atoms with E-state index in [9.17, 15) is 4.79 Å². The Balaban J connectivity index is 2.37. The predicted molar refractivity (Wildman–Crippen MR) is 75.4 cm³/mol. The van der Waals surface area contributed by atoms with Gasteiger partial charge in [-0.15, -0.1) is 0 Å². The molecule has 19 heavy (non-hydrogen) atoms. The number of hydrogen-bond donors (Lipinski definition) is 2. The van der Waals surface area contributed by atoms with Crippen LogP contribution in [0.25, 0.3) is 0 Å². The van der Waals surface area contributed by atoms with Gasteiger partial charge in [0.05, 0.1) is 6.61 Å². The van der Waals surface area contributed by atoms with Crippen LogP contribution in [0.4, 0.5) is 0 Å². The second kappa shape index (κ2) is 8.53. The summed E-state index contributed by atoms with van der Waals surface area (Å²) >= 11 is 0. The second-order valence-corrected chi connectivity index (χ2v) is 4.46. The van der Waals surface area contributed by atoms with E-state index in [1.165, 1.54) is 5.56 Å². The van der Waals surface area contributed by atoms with E-state index in [1.807, 2.05) is 26.0 Å². The molecule has 0 aliphatic rings. The van der Waals surface area contributed by atoms with Crippen LogP contribution >= 0.6 is 0 Å². The molecule has 0 atom stereocenters. The van der Waals surface area contributed by atoms with Crippen LogP contribution < -0.4 is 10.1 Å². The van der Waals surface area contributed by atoms with Gasteiger partial charge in [-0.05, 0) is 43.9 Å². The summed E-state index contributed by atoms with van der Waals surface area (Å²) in [5, 5.41) is 11.5. The second-order valence-electron chi connectivity index (χ2n) is 4.46. The molecule has 1 aromatic rings. The van der Waals surface area contributed by atoms with E-state index in [0.29, 0.717) is 26.0 Å². The van der Waals surface area contributed by atoms with Crippen LogP contribution in [0.1, 0.15) is 30.9 Å². The van der Waals surface area contributed by atoms with E-state index in [2.05, 4.69) is 11.4 Å². The number of carbonyl (C=O) groups excluding carboxylic acids is 1. The molecule has 1 rings (SSSR count). The normalized spacial score (nSPS) is 10.3. The highest BCUT2D eigenvalue weighted by Crippen LogP contribution is 2.19. The largest absolute Gasteiger partial charge is 0.494 e. The quantitative estimate of drug-likeness (QED) is 0.754. The first-order valence-electron chi connectivity index (χ1n) is 6.77. The topological polar surface area (TPSA) is 58.6 Å². The first-order valence-corrected chi connectivity index (χ1v) is 6.77. The first-order chi connectivity index (χ1) is 9.17. The molecular weight excluding hydrogens is 242 g/mol. The Labute approximate surface area is 114 Å². The zero-order valence-corrected chi connectivity index (χ0v) is 11.7. The summed E-state index contributed by atoms with van der Waals surface area (Å²) in [6.07, 6.45) is 1.71. The number of amides is 1. The van der Waals surface area contributed by atoms with Crippen molar-refractivity contribution in [2.24, 2.45) is 0 Å². The van der Waals surface area contributed by atoms with Gasteiger partial charge in [0, 0.05) is 19.6 Å². The molecule has 0 heterocycles. The van der Waals surface area contributed by atoms with Crippen molar-refractivity contribution >= 4 is 5.91 Å². The van der Waals surface area contributed by atoms with Crippen LogP contribution in [-0.2, 0) is 11.2 Å². The van der Waals surface area contributed by atoms with Gasteiger partial charge in [0.2, 0.25) is 5.91 Å². The summed E-state index contributed by atoms with van der Waals surface area (Å²) < 4.78 is 5.49. The van der Waals surface area contributed by atoms with E-state index in [0.717, 1.165) is 17.7 Å². The molecule has 1 amide bonds. The fraction of sp³-hybridized carbons (Fsp3) is 0.533. The van der Waals surface area contributed by atoms with Crippen LogP contribution in [0.5, 0.6) is 5.75 Å². The highest BCUT2D eigenvalue weighted by molar-refractivity contribution is 5.75. The lowest BCUT2D eigenvalue weighted by atomic mass is 10.1. The standard InChI is InChI=1S/C15H23NO3/c1-3-19-14-7-6-13(11-12(14)2)8-9-16-15(18)5-4-10-17/h6-7,11,17H,3-5,8-10H2,1-2H3,(H,16,18). The lowest BCUT2D eigenvalue weighted by Crippen LogP contribution is -2.25. The van der Waals surface area contributed by atoms with Crippen molar-refractivity contribution in [3.63, 3.8) is 0 Å². The van der Waals surface area contributed by atoms with Crippen molar-refractivity contribution in [3.8, 4) is 5.75 Å². The van der Waals surface area contributed by atoms with Gasteiger partial charge in [0.25, 0.3) is 0 Å². The molecule has 0 radical (unpaired) electrons. The smallest absolute Gasteiger partial charge is 0.220 e. The predicted octanol–water partition coefficient (Wildman–Crippen LogP) is 1.82. The number of carbonyl (C=O) groups is 1. The van der Waals surface area contributed by atoms with Gasteiger partial charge in [-0.2, -0.15) is 0 Å². The summed E-state index contributed by atoms with van der Waals surface area (Å²) in [6.45, 7) is 5.34. The fourth-order valence-corrected chi connectivity index (χ4v) is 1.86. The Hall–Kier alpha value is -1.55. The van der Waals surface area contributed by atoms with Gasteiger partial charge in [0.1, 0.15) is 5.75 Å². The SMILES string of the molecule is CCOc1ccc(CCNC(=O)CCCO)cc1C. The molecular formula is C15H23NO3. The average molecular weight is 265 g/mol. The van der Waals surface area contributed by atoms with Crippen LogP contribution in [0.3, 0.4) is 0 Å². The van der Waals surface area contributed by atoms with E-state index in [1.54, 1.807) is 0 Å². The van der Waals surface area contributed by atoms with Crippen molar-refractivity contribution < 1.29 is 14.6 Å². The zero-order chi connectivity index (χ0) is 14.1. The lowest BCUT2D eigenvalue weighted by molar-refractivity contribution is -0.121. The highest BCUT2D eigenvalue weighted by Gasteiger charge is 2.03. The number of nitrogens with one attached hydrogen (secondary N) is 1. The van der Waals surface area contributed by atoms with Crippen molar-refractivity contribution in [1.29, 1.82) is 0 Å². The third-order valence-electron chi connectivity index (χ3n) is 2.84. The molecule has 4 heteroatoms. The molecule has 0 spiro atoms. The number of hydrogen-bond acceptors (Lipinski definition) is 3. The van der Waals surface area contributed by atoms with Gasteiger partial charge in [-0.1, -0.05) is 12.1 Å². The summed E-state index contributed by atoms with van der Waals surface area (Å²) in [6, 6.07) is 6.09. The molecule has 106 valence electrons. The third-order valence-corrected chi connectivity index (χ3v) is 2.84. The molecule has 0 saturated carbocycles. The number of rotatable bonds is 8. The van der Waals surface area contributed by atoms with Gasteiger partial charge < -0.3 is 15.2 Å². The number of ether oxygens (including phenoxy) is 1. The van der Waals surface area contributed by atoms with Crippen molar-refractivity contribution in [2.45, 2.75) is 33.1 Å². The molecule has 0 bridgehead atoms. The summed E-state index contributed by atoms with van der Waals surface area (Å²) in [7, 11) is 0. The van der Waals surface area contributed by atoms with Crippen molar-refractivity contribution in [3.05, 3.63) is 29.3 Å². The number of benzene rings is 1. The van der Waals surface area contributed by atoms with Crippen LogP contribution in [-0.4, -0.2) is 30.8 Å². The van der Waals surface area contributed by atoms with E-state index in [-0.39, 0.29) is 12.5 Å². The minimum Gasteiger partial charge on any atom is -0.494 e. The summed E-state index contributed by atoms with van der Waals surface area (Å²) in [5.41, 5.74) is 2.30. The monoisotopic (exact) mass is 265 g/mol. The van der Waals surface area contributed by atoms with Crippen molar-refractivity contribution in [2.75, 3.05) is 19.8 Å². The Morgan fingerprint density at radius 2 is 2.21 bits per heavy atom. The van der Waals surface area contributed by atoms with Crippen LogP contribution in [0, 0.1) is 6.92 Å². The lowest BCUT2D eigenvalue weighted by Gasteiger charge is -2.09. The number of aliphatic hydroxyl groups is 1. The average Bonchev–Trinajstić information content (AvgIpc) is 2.39. The molecule has 4 nitrogen and oxygen atoms in total. The minimum atomic E-state index is -0.00305. The zero-order valence-electron chi connectivity index (χ0n) is 11.7. The molecule has 0 fully saturated rings. The highest BCUT2D eigenvalue weighted by atomic mass is 16.5. The van der Waals surface area contributed by atoms with E-state index >= 15 is 0 Å². The van der Waals surface area contributed by atoms with Gasteiger partial charge in [-0.3, -0.25) is 4.79 Å². The Kier molecular flexibility index (Phi) is 6.97. The maximum absolute atomic E-state index is 11.4. The molecule has 0 aliphatic carbocycles. The van der Waals surface area contributed by atoms with E-state index < -0.39 is 0 Å².